The third-order valence-electron chi connectivity index (χ3n) is 2.56. The summed E-state index contributed by atoms with van der Waals surface area (Å²) in [6, 6.07) is 5.68. The number of benzene rings is 1. The van der Waals surface area contributed by atoms with Gasteiger partial charge in [-0.15, -0.1) is 0 Å². The summed E-state index contributed by atoms with van der Waals surface area (Å²) in [6.07, 6.45) is 0. The number of nitrogens with one attached hydrogen (secondary N) is 2. The summed E-state index contributed by atoms with van der Waals surface area (Å²) in [6.45, 7) is 4.26. The van der Waals surface area contributed by atoms with Crippen LogP contribution in [0.4, 0.5) is 0 Å². The van der Waals surface area contributed by atoms with Crippen molar-refractivity contribution in [3.8, 4) is 0 Å². The largest absolute Gasteiger partial charge is 0.383 e. The quantitative estimate of drug-likeness (QED) is 0.778. The zero-order chi connectivity index (χ0) is 15.2. The summed E-state index contributed by atoms with van der Waals surface area (Å²) >= 11 is 0. The van der Waals surface area contributed by atoms with E-state index in [2.05, 4.69) is 10.0 Å². The van der Waals surface area contributed by atoms with Gasteiger partial charge in [-0.1, -0.05) is 6.92 Å². The van der Waals surface area contributed by atoms with Crippen LogP contribution in [-0.4, -0.2) is 40.6 Å². The molecule has 1 rings (SSSR count). The number of rotatable bonds is 7. The van der Waals surface area contributed by atoms with E-state index in [-0.39, 0.29) is 16.8 Å². The Bertz CT molecular complexity index is 540. The molecule has 0 bridgehead atoms. The lowest BCUT2D eigenvalue weighted by atomic mass is 10.2. The normalized spacial score (nSPS) is 12.9. The number of amides is 1. The molecular weight excluding hydrogens is 280 g/mol. The summed E-state index contributed by atoms with van der Waals surface area (Å²) < 4.78 is 30.8. The van der Waals surface area contributed by atoms with Crippen LogP contribution in [0, 0.1) is 0 Å². The summed E-state index contributed by atoms with van der Waals surface area (Å²) in [5, 5.41) is 2.75. The van der Waals surface area contributed by atoms with E-state index >= 15 is 0 Å². The highest BCUT2D eigenvalue weighted by Gasteiger charge is 2.14. The van der Waals surface area contributed by atoms with Crippen molar-refractivity contribution in [2.75, 3.05) is 20.3 Å². The first-order valence-corrected chi connectivity index (χ1v) is 7.78. The Labute approximate surface area is 119 Å². The Balaban J connectivity index is 2.79. The van der Waals surface area contributed by atoms with Gasteiger partial charge in [0.25, 0.3) is 5.91 Å². The van der Waals surface area contributed by atoms with E-state index in [0.717, 1.165) is 0 Å². The van der Waals surface area contributed by atoms with Gasteiger partial charge in [-0.05, 0) is 31.2 Å². The Morgan fingerprint density at radius 3 is 2.40 bits per heavy atom. The van der Waals surface area contributed by atoms with Crippen LogP contribution in [0.25, 0.3) is 0 Å². The van der Waals surface area contributed by atoms with Gasteiger partial charge in [0.05, 0.1) is 11.5 Å². The first-order chi connectivity index (χ1) is 9.40. The first kappa shape index (κ1) is 16.6. The number of carbonyl (C=O) groups is 1. The molecule has 7 heteroatoms. The van der Waals surface area contributed by atoms with Crippen LogP contribution in [0.3, 0.4) is 0 Å². The van der Waals surface area contributed by atoms with E-state index in [1.165, 1.54) is 24.3 Å². The Morgan fingerprint density at radius 2 is 1.90 bits per heavy atom. The second-order valence-electron chi connectivity index (χ2n) is 4.36. The highest BCUT2D eigenvalue weighted by Crippen LogP contribution is 2.10. The van der Waals surface area contributed by atoms with E-state index < -0.39 is 10.0 Å². The summed E-state index contributed by atoms with van der Waals surface area (Å²) in [5.74, 6) is -0.262. The van der Waals surface area contributed by atoms with E-state index in [0.29, 0.717) is 18.7 Å². The predicted molar refractivity (Wildman–Crippen MR) is 76.1 cm³/mol. The molecule has 0 aromatic heterocycles. The fourth-order valence-corrected chi connectivity index (χ4v) is 2.70. The monoisotopic (exact) mass is 300 g/mol. The average Bonchev–Trinajstić information content (AvgIpc) is 2.39. The lowest BCUT2D eigenvalue weighted by Crippen LogP contribution is -2.35. The predicted octanol–water partition coefficient (Wildman–Crippen LogP) is 0.749. The lowest BCUT2D eigenvalue weighted by molar-refractivity contribution is 0.0905. The van der Waals surface area contributed by atoms with Gasteiger partial charge in [-0.2, -0.15) is 0 Å². The van der Waals surface area contributed by atoms with Crippen LogP contribution in [0.1, 0.15) is 24.2 Å². The van der Waals surface area contributed by atoms with Crippen LogP contribution in [-0.2, 0) is 14.8 Å². The van der Waals surface area contributed by atoms with E-state index in [4.69, 9.17) is 4.74 Å². The van der Waals surface area contributed by atoms with Gasteiger partial charge in [-0.25, -0.2) is 13.1 Å². The maximum absolute atomic E-state index is 11.9. The summed E-state index contributed by atoms with van der Waals surface area (Å²) in [7, 11) is -1.93. The standard InChI is InChI=1S/C13H20N2O4S/c1-4-14-20(17,18)12-7-5-11(6-8-12)13(16)15-10(2)9-19-3/h5-8,10,14H,4,9H2,1-3H3,(H,15,16). The zero-order valence-corrected chi connectivity index (χ0v) is 12.7. The van der Waals surface area contributed by atoms with Gasteiger partial charge >= 0.3 is 0 Å². The second kappa shape index (κ2) is 7.37. The van der Waals surface area contributed by atoms with Crippen LogP contribution in [0.2, 0.25) is 0 Å². The second-order valence-corrected chi connectivity index (χ2v) is 6.12. The number of ether oxygens (including phenoxy) is 1. The molecule has 6 nitrogen and oxygen atoms in total. The van der Waals surface area contributed by atoms with Crippen LogP contribution in [0.5, 0.6) is 0 Å². The van der Waals surface area contributed by atoms with Crippen molar-refractivity contribution in [3.05, 3.63) is 29.8 Å². The van der Waals surface area contributed by atoms with Gasteiger partial charge < -0.3 is 10.1 Å². The fourth-order valence-electron chi connectivity index (χ4n) is 1.66. The molecule has 1 aromatic rings. The molecule has 0 saturated carbocycles. The molecule has 1 amide bonds. The third kappa shape index (κ3) is 4.59. The maximum atomic E-state index is 11.9. The molecule has 0 aliphatic heterocycles. The summed E-state index contributed by atoms with van der Waals surface area (Å²) in [5.41, 5.74) is 0.406. The zero-order valence-electron chi connectivity index (χ0n) is 11.8. The van der Waals surface area contributed by atoms with E-state index in [1.54, 1.807) is 14.0 Å². The van der Waals surface area contributed by atoms with Gasteiger partial charge in [-0.3, -0.25) is 4.79 Å². The number of carbonyl (C=O) groups excluding carboxylic acids is 1. The molecule has 0 aliphatic carbocycles. The number of methoxy groups -OCH3 is 1. The van der Waals surface area contributed by atoms with Crippen molar-refractivity contribution in [2.45, 2.75) is 24.8 Å². The highest BCUT2D eigenvalue weighted by molar-refractivity contribution is 7.89. The number of sulfonamides is 1. The molecule has 0 spiro atoms. The Hall–Kier alpha value is -1.44. The van der Waals surface area contributed by atoms with Gasteiger partial charge in [0, 0.05) is 25.3 Å². The molecular formula is C13H20N2O4S. The fraction of sp³-hybridized carbons (Fsp3) is 0.462. The molecule has 0 heterocycles. The number of hydrogen-bond donors (Lipinski definition) is 2. The van der Waals surface area contributed by atoms with Crippen molar-refractivity contribution in [1.82, 2.24) is 10.0 Å². The molecule has 0 fully saturated rings. The van der Waals surface area contributed by atoms with Gasteiger partial charge in [0.15, 0.2) is 0 Å². The van der Waals surface area contributed by atoms with Gasteiger partial charge in [0.2, 0.25) is 10.0 Å². The highest BCUT2D eigenvalue weighted by atomic mass is 32.2. The van der Waals surface area contributed by atoms with Crippen molar-refractivity contribution in [2.24, 2.45) is 0 Å². The summed E-state index contributed by atoms with van der Waals surface area (Å²) in [4.78, 5) is 12.0. The number of hydrogen-bond acceptors (Lipinski definition) is 4. The van der Waals surface area contributed by atoms with Crippen LogP contribution in [0.15, 0.2) is 29.2 Å². The van der Waals surface area contributed by atoms with Crippen molar-refractivity contribution in [1.29, 1.82) is 0 Å². The Kier molecular flexibility index (Phi) is 6.12. The molecule has 0 saturated heterocycles. The average molecular weight is 300 g/mol. The SMILES string of the molecule is CCNS(=O)(=O)c1ccc(C(=O)NC(C)COC)cc1. The molecule has 1 aromatic carbocycles. The maximum Gasteiger partial charge on any atom is 0.251 e. The lowest BCUT2D eigenvalue weighted by Gasteiger charge is -2.13. The Morgan fingerprint density at radius 1 is 1.30 bits per heavy atom. The van der Waals surface area contributed by atoms with Crippen molar-refractivity contribution >= 4 is 15.9 Å². The molecule has 1 unspecified atom stereocenters. The molecule has 2 N–H and O–H groups in total. The van der Waals surface area contributed by atoms with Gasteiger partial charge in [0.1, 0.15) is 0 Å². The van der Waals surface area contributed by atoms with E-state index in [1.807, 2.05) is 6.92 Å². The smallest absolute Gasteiger partial charge is 0.251 e. The first-order valence-electron chi connectivity index (χ1n) is 6.30. The molecule has 112 valence electrons. The minimum atomic E-state index is -3.49. The topological polar surface area (TPSA) is 84.5 Å². The van der Waals surface area contributed by atoms with E-state index in [9.17, 15) is 13.2 Å². The van der Waals surface area contributed by atoms with Crippen LogP contribution < -0.4 is 10.0 Å². The molecule has 0 radical (unpaired) electrons. The van der Waals surface area contributed by atoms with Crippen LogP contribution >= 0.6 is 0 Å². The van der Waals surface area contributed by atoms with Crippen molar-refractivity contribution < 1.29 is 17.9 Å². The molecule has 1 atom stereocenters. The molecule has 20 heavy (non-hydrogen) atoms. The minimum Gasteiger partial charge on any atom is -0.383 e. The minimum absolute atomic E-state index is 0.113. The van der Waals surface area contributed by atoms with Crippen molar-refractivity contribution in [3.63, 3.8) is 0 Å². The molecule has 0 aliphatic rings. The third-order valence-corrected chi connectivity index (χ3v) is 4.12.